The molecule has 3 aromatic rings. The molecule has 1 aliphatic heterocycles. The van der Waals surface area contributed by atoms with Crippen molar-refractivity contribution in [1.29, 1.82) is 0 Å². The third kappa shape index (κ3) is 3.12. The van der Waals surface area contributed by atoms with Crippen molar-refractivity contribution in [3.63, 3.8) is 0 Å². The van der Waals surface area contributed by atoms with Gasteiger partial charge in [-0.15, -0.1) is 0 Å². The summed E-state index contributed by atoms with van der Waals surface area (Å²) < 4.78 is 7.14. The number of Topliss-reactive ketones (excluding diaryl/α,β-unsaturated/α-hetero) is 1. The molecule has 0 radical (unpaired) electrons. The Labute approximate surface area is 173 Å². The summed E-state index contributed by atoms with van der Waals surface area (Å²) in [7, 11) is 0. The second-order valence-electron chi connectivity index (χ2n) is 8.07. The minimum atomic E-state index is -0.897. The maximum atomic E-state index is 12.8. The summed E-state index contributed by atoms with van der Waals surface area (Å²) in [6, 6.07) is 10.5. The highest BCUT2D eigenvalue weighted by molar-refractivity contribution is 6.02. The van der Waals surface area contributed by atoms with Gasteiger partial charge in [0.05, 0.1) is 16.5 Å². The molecule has 5 rings (SSSR count). The first-order valence-electron chi connectivity index (χ1n) is 10.4. The maximum absolute atomic E-state index is 12.8. The van der Waals surface area contributed by atoms with Crippen LogP contribution >= 0.6 is 0 Å². The van der Waals surface area contributed by atoms with Gasteiger partial charge in [-0.25, -0.2) is 9.78 Å². The fraction of sp³-hybridized carbons (Fsp3) is 0.333. The lowest BCUT2D eigenvalue weighted by atomic mass is 10.0. The first-order valence-corrected chi connectivity index (χ1v) is 10.4. The Morgan fingerprint density at radius 3 is 2.67 bits per heavy atom. The summed E-state index contributed by atoms with van der Waals surface area (Å²) in [6.07, 6.45) is 3.91. The molecule has 30 heavy (non-hydrogen) atoms. The molecule has 0 N–H and O–H groups in total. The molecule has 6 heteroatoms. The number of aromatic nitrogens is 2. The summed E-state index contributed by atoms with van der Waals surface area (Å²) in [6.45, 7) is 2.27. The summed E-state index contributed by atoms with van der Waals surface area (Å²) in [5.41, 5.74) is 3.76. The molecule has 0 spiro atoms. The van der Waals surface area contributed by atoms with E-state index in [1.807, 2.05) is 18.2 Å². The maximum Gasteiger partial charge on any atom is 0.338 e. The van der Waals surface area contributed by atoms with E-state index in [9.17, 15) is 14.4 Å². The smallest absolute Gasteiger partial charge is 0.338 e. The van der Waals surface area contributed by atoms with E-state index < -0.39 is 12.1 Å². The summed E-state index contributed by atoms with van der Waals surface area (Å²) in [5.74, 6) is -0.0625. The Morgan fingerprint density at radius 2 is 1.80 bits per heavy atom. The zero-order valence-electron chi connectivity index (χ0n) is 16.8. The van der Waals surface area contributed by atoms with E-state index in [1.165, 1.54) is 11.1 Å². The van der Waals surface area contributed by atoms with Crippen LogP contribution in [0.1, 0.15) is 57.4 Å². The molecule has 2 aliphatic rings. The molecule has 0 fully saturated rings. The Kier molecular flexibility index (Phi) is 4.50. The van der Waals surface area contributed by atoms with Gasteiger partial charge in [-0.2, -0.15) is 0 Å². The quantitative estimate of drug-likeness (QED) is 0.494. The van der Waals surface area contributed by atoms with Crippen LogP contribution in [0.5, 0.6) is 0 Å². The van der Waals surface area contributed by atoms with Gasteiger partial charge in [-0.05, 0) is 68.0 Å². The average molecular weight is 402 g/mol. The predicted octanol–water partition coefficient (Wildman–Crippen LogP) is 3.26. The Hall–Kier alpha value is -3.28. The van der Waals surface area contributed by atoms with Gasteiger partial charge >= 0.3 is 5.97 Å². The summed E-state index contributed by atoms with van der Waals surface area (Å²) in [5, 5.41) is 0.486. The number of hydrogen-bond acceptors (Lipinski definition) is 5. The molecular formula is C24H22N2O4. The number of fused-ring (bicyclic) bond motifs is 3. The van der Waals surface area contributed by atoms with Crippen molar-refractivity contribution < 1.29 is 14.3 Å². The Morgan fingerprint density at radius 1 is 1.00 bits per heavy atom. The molecule has 0 saturated heterocycles. The van der Waals surface area contributed by atoms with Crippen LogP contribution in [0.15, 0.2) is 41.2 Å². The highest BCUT2D eigenvalue weighted by Gasteiger charge is 2.23. The Bertz CT molecular complexity index is 1260. The minimum absolute atomic E-state index is 0.0763. The van der Waals surface area contributed by atoms with E-state index >= 15 is 0 Å². The molecule has 152 valence electrons. The van der Waals surface area contributed by atoms with Crippen molar-refractivity contribution in [2.24, 2.45) is 0 Å². The molecule has 1 unspecified atom stereocenters. The first-order chi connectivity index (χ1) is 14.5. The molecule has 0 saturated carbocycles. The number of hydrogen-bond donors (Lipinski definition) is 0. The number of esters is 1. The zero-order chi connectivity index (χ0) is 20.8. The van der Waals surface area contributed by atoms with E-state index in [0.717, 1.165) is 37.9 Å². The number of carbonyl (C=O) groups excluding carboxylic acids is 2. The normalized spacial score (nSPS) is 15.6. The van der Waals surface area contributed by atoms with Gasteiger partial charge in [-0.1, -0.05) is 12.1 Å². The average Bonchev–Trinajstić information content (AvgIpc) is 3.41. The number of ketones is 1. The van der Waals surface area contributed by atoms with Crippen molar-refractivity contribution in [2.75, 3.05) is 0 Å². The second kappa shape index (κ2) is 7.20. The molecule has 2 aromatic carbocycles. The molecule has 1 aliphatic carbocycles. The third-order valence-corrected chi connectivity index (χ3v) is 6.09. The predicted molar refractivity (Wildman–Crippen MR) is 112 cm³/mol. The largest absolute Gasteiger partial charge is 0.451 e. The van der Waals surface area contributed by atoms with Crippen LogP contribution in [-0.2, 0) is 30.5 Å². The summed E-state index contributed by atoms with van der Waals surface area (Å²) >= 11 is 0. The van der Waals surface area contributed by atoms with E-state index in [0.29, 0.717) is 23.0 Å². The lowest BCUT2D eigenvalue weighted by Crippen LogP contribution is -2.25. The zero-order valence-corrected chi connectivity index (χ0v) is 16.8. The number of benzene rings is 2. The van der Waals surface area contributed by atoms with Gasteiger partial charge in [0.1, 0.15) is 5.82 Å². The molecular weight excluding hydrogens is 380 g/mol. The molecule has 1 aromatic heterocycles. The topological polar surface area (TPSA) is 78.3 Å². The second-order valence-corrected chi connectivity index (χ2v) is 8.07. The molecule has 1 atom stereocenters. The van der Waals surface area contributed by atoms with Crippen LogP contribution in [0.25, 0.3) is 10.9 Å². The van der Waals surface area contributed by atoms with Gasteiger partial charge in [0.2, 0.25) is 5.78 Å². The van der Waals surface area contributed by atoms with Crippen molar-refractivity contribution in [1.82, 2.24) is 9.55 Å². The number of nitrogens with zero attached hydrogens (tertiary/aromatic N) is 2. The van der Waals surface area contributed by atoms with Gasteiger partial charge in [0.25, 0.3) is 5.56 Å². The van der Waals surface area contributed by atoms with Crippen LogP contribution in [-0.4, -0.2) is 27.4 Å². The lowest BCUT2D eigenvalue weighted by Gasteiger charge is -2.13. The fourth-order valence-electron chi connectivity index (χ4n) is 4.45. The van der Waals surface area contributed by atoms with Gasteiger partial charge < -0.3 is 4.74 Å². The number of carbonyl (C=O) groups is 2. The van der Waals surface area contributed by atoms with Crippen molar-refractivity contribution in [3.8, 4) is 0 Å². The van der Waals surface area contributed by atoms with Crippen molar-refractivity contribution in [3.05, 3.63) is 74.8 Å². The van der Waals surface area contributed by atoms with Crippen LogP contribution in [0, 0.1) is 0 Å². The van der Waals surface area contributed by atoms with E-state index in [4.69, 9.17) is 4.74 Å². The van der Waals surface area contributed by atoms with Crippen LogP contribution < -0.4 is 5.56 Å². The van der Waals surface area contributed by atoms with Gasteiger partial charge in [-0.3, -0.25) is 14.2 Å². The summed E-state index contributed by atoms with van der Waals surface area (Å²) in [4.78, 5) is 42.5. The van der Waals surface area contributed by atoms with Crippen LogP contribution in [0.3, 0.4) is 0 Å². The fourth-order valence-corrected chi connectivity index (χ4v) is 4.45. The van der Waals surface area contributed by atoms with Crippen molar-refractivity contribution >= 4 is 22.7 Å². The highest BCUT2D eigenvalue weighted by Crippen LogP contribution is 2.24. The third-order valence-electron chi connectivity index (χ3n) is 6.09. The van der Waals surface area contributed by atoms with Crippen molar-refractivity contribution in [2.45, 2.75) is 51.7 Å². The van der Waals surface area contributed by atoms with Crippen LogP contribution in [0.2, 0.25) is 0 Å². The molecule has 6 nitrogen and oxygen atoms in total. The first kappa shape index (κ1) is 18.7. The van der Waals surface area contributed by atoms with Gasteiger partial charge in [0.15, 0.2) is 6.10 Å². The van der Waals surface area contributed by atoms with Crippen LogP contribution in [0.4, 0.5) is 0 Å². The number of aryl methyl sites for hydroxylation is 3. The lowest BCUT2D eigenvalue weighted by molar-refractivity contribution is 0.0319. The van der Waals surface area contributed by atoms with E-state index in [-0.39, 0.29) is 16.9 Å². The minimum Gasteiger partial charge on any atom is -0.451 e. The molecule has 2 heterocycles. The van der Waals surface area contributed by atoms with E-state index in [1.54, 1.807) is 29.7 Å². The highest BCUT2D eigenvalue weighted by atomic mass is 16.5. The molecule has 0 amide bonds. The SMILES string of the molecule is CC(OC(=O)c1ccc2c(=O)n3c(nc2c1)CCC3)C(=O)c1ccc2c(c1)CCC2. The standard InChI is InChI=1S/C24H22N2O4/c1-14(22(27)17-8-7-15-4-2-5-16(15)12-17)30-24(29)18-9-10-19-20(13-18)25-21-6-3-11-26(21)23(19)28/h7-10,12-14H,2-6,11H2,1H3. The Balaban J connectivity index is 1.37. The number of ether oxygens (including phenoxy) is 1. The number of rotatable bonds is 4. The monoisotopic (exact) mass is 402 g/mol. The molecule has 0 bridgehead atoms. The van der Waals surface area contributed by atoms with Gasteiger partial charge in [0, 0.05) is 18.5 Å². The van der Waals surface area contributed by atoms with E-state index in [2.05, 4.69) is 4.98 Å².